The molecule has 45 heavy (non-hydrogen) atoms. The number of hydrogen-bond donors (Lipinski definition) is 2. The number of ether oxygens (including phenoxy) is 1. The van der Waals surface area contributed by atoms with Crippen LogP contribution < -0.4 is 19.2 Å². The SMILES string of the molecule is C#CC#CC#CC#CC#CC#CC#CC#CC#CNC(=O)N(SC(=S)OCC)c1ccc(N(CC)CCNS(C)(=O)=O)cc1C. The van der Waals surface area contributed by atoms with E-state index in [0.717, 1.165) is 29.5 Å². The number of sulfonamides is 1. The molecule has 1 rings (SSSR count). The number of likely N-dealkylation sites (N-methyl/N-ethyl adjacent to an activating group) is 1. The Morgan fingerprint density at radius 1 is 0.933 bits per heavy atom. The molecule has 0 radical (unpaired) electrons. The average Bonchev–Trinajstić information content (AvgIpc) is 2.99. The topological polar surface area (TPSA) is 91.0 Å². The molecular weight excluding hydrogens is 625 g/mol. The van der Waals surface area contributed by atoms with E-state index in [1.54, 1.807) is 13.0 Å². The summed E-state index contributed by atoms with van der Waals surface area (Å²) in [5.74, 6) is 39.2. The van der Waals surface area contributed by atoms with Gasteiger partial charge in [-0.25, -0.2) is 22.2 Å². The van der Waals surface area contributed by atoms with Crippen molar-refractivity contribution >= 4 is 56.0 Å². The minimum absolute atomic E-state index is 0.152. The van der Waals surface area contributed by atoms with Gasteiger partial charge in [0.05, 0.1) is 18.6 Å². The van der Waals surface area contributed by atoms with Crippen LogP contribution >= 0.6 is 24.2 Å². The standard InChI is InChI=1S/C34H26N4O4S3/c1-6-9-10-11-12-13-14-15-16-17-18-19-20-21-22-23-26-35-33(39)38(44-34(43)42-8-3)32-25-24-31(29-30(32)4)37(7-2)28-27-36-45(5,40)41/h1,24-25,29,36H,7-8,27-28H2,2-5H3,(H,35,39). The molecular formula is C34H26N4O4S3. The van der Waals surface area contributed by atoms with Crippen LogP contribution in [0.2, 0.25) is 0 Å². The molecule has 1 aromatic carbocycles. The predicted molar refractivity (Wildman–Crippen MR) is 186 cm³/mol. The van der Waals surface area contributed by atoms with Gasteiger partial charge in [-0.15, -0.1) is 6.42 Å². The van der Waals surface area contributed by atoms with Crippen LogP contribution in [0.1, 0.15) is 19.4 Å². The minimum atomic E-state index is -3.29. The highest BCUT2D eigenvalue weighted by Crippen LogP contribution is 2.31. The van der Waals surface area contributed by atoms with Crippen molar-refractivity contribution < 1.29 is 17.9 Å². The molecule has 0 saturated heterocycles. The maximum Gasteiger partial charge on any atom is 0.344 e. The molecule has 11 heteroatoms. The van der Waals surface area contributed by atoms with Crippen LogP contribution in [0.15, 0.2) is 18.2 Å². The molecule has 0 fully saturated rings. The second-order valence-corrected chi connectivity index (χ2v) is 11.2. The number of amides is 2. The van der Waals surface area contributed by atoms with Crippen LogP contribution in [0, 0.1) is 114 Å². The van der Waals surface area contributed by atoms with E-state index in [9.17, 15) is 13.2 Å². The number of nitrogens with zero attached hydrogens (tertiary/aromatic N) is 2. The van der Waals surface area contributed by atoms with Gasteiger partial charge in [0.25, 0.3) is 0 Å². The zero-order chi connectivity index (χ0) is 33.3. The van der Waals surface area contributed by atoms with Gasteiger partial charge < -0.3 is 9.64 Å². The van der Waals surface area contributed by atoms with Gasteiger partial charge in [-0.1, -0.05) is 0 Å². The average molecular weight is 651 g/mol. The Labute approximate surface area is 276 Å². The van der Waals surface area contributed by atoms with Gasteiger partial charge in [-0.05, 0) is 104 Å². The number of nitrogens with one attached hydrogen (secondary N) is 2. The number of urea groups is 1. The summed E-state index contributed by atoms with van der Waals surface area (Å²) in [5, 5.41) is 2.48. The normalized spacial score (nSPS) is 8.33. The van der Waals surface area contributed by atoms with E-state index in [4.69, 9.17) is 23.4 Å². The highest BCUT2D eigenvalue weighted by molar-refractivity contribution is 8.23. The van der Waals surface area contributed by atoms with Crippen LogP contribution in [0.3, 0.4) is 0 Å². The lowest BCUT2D eigenvalue weighted by molar-refractivity contribution is 0.253. The molecule has 0 aliphatic heterocycles. The lowest BCUT2D eigenvalue weighted by Gasteiger charge is -2.26. The van der Waals surface area contributed by atoms with E-state index >= 15 is 0 Å². The van der Waals surface area contributed by atoms with Crippen LogP contribution in [0.5, 0.6) is 0 Å². The number of thiocarbonyl (C=S) groups is 1. The molecule has 2 amide bonds. The fourth-order valence-electron chi connectivity index (χ4n) is 2.93. The van der Waals surface area contributed by atoms with Gasteiger partial charge in [-0.2, -0.15) is 0 Å². The molecule has 0 saturated carbocycles. The first-order chi connectivity index (χ1) is 21.6. The second kappa shape index (κ2) is 22.1. The molecule has 0 spiro atoms. The summed E-state index contributed by atoms with van der Waals surface area (Å²) in [6.45, 7) is 7.31. The van der Waals surface area contributed by atoms with E-state index in [-0.39, 0.29) is 10.9 Å². The number of anilines is 2. The summed E-state index contributed by atoms with van der Waals surface area (Å²) in [6, 6.07) is 7.42. The van der Waals surface area contributed by atoms with Crippen molar-refractivity contribution in [1.82, 2.24) is 10.0 Å². The molecule has 0 atom stereocenters. The molecule has 2 N–H and O–H groups in total. The van der Waals surface area contributed by atoms with Gasteiger partial charge >= 0.3 is 6.03 Å². The smallest absolute Gasteiger partial charge is 0.344 e. The fraction of sp³-hybridized carbons (Fsp3) is 0.235. The van der Waals surface area contributed by atoms with Gasteiger partial charge in [0.2, 0.25) is 14.4 Å². The summed E-state index contributed by atoms with van der Waals surface area (Å²) < 4.78 is 32.2. The first kappa shape index (κ1) is 37.5. The zero-order valence-electron chi connectivity index (χ0n) is 24.9. The quantitative estimate of drug-likeness (QED) is 0.194. The Kier molecular flexibility index (Phi) is 18.4. The zero-order valence-corrected chi connectivity index (χ0v) is 27.3. The van der Waals surface area contributed by atoms with E-state index in [2.05, 4.69) is 111 Å². The van der Waals surface area contributed by atoms with E-state index < -0.39 is 16.1 Å². The first-order valence-corrected chi connectivity index (χ1v) is 15.9. The molecule has 0 unspecified atom stereocenters. The van der Waals surface area contributed by atoms with E-state index in [0.29, 0.717) is 25.4 Å². The maximum absolute atomic E-state index is 13.1. The maximum atomic E-state index is 13.1. The molecule has 0 heterocycles. The van der Waals surface area contributed by atoms with Gasteiger partial charge in [-0.3, -0.25) is 5.32 Å². The monoisotopic (exact) mass is 650 g/mol. The van der Waals surface area contributed by atoms with Gasteiger partial charge in [0.1, 0.15) is 0 Å². The molecule has 224 valence electrons. The Hall–Kier alpha value is -5.52. The third kappa shape index (κ3) is 17.3. The number of rotatable bonds is 8. The Balaban J connectivity index is 2.95. The van der Waals surface area contributed by atoms with Crippen LogP contribution in [-0.2, 0) is 14.8 Å². The Bertz CT molecular complexity index is 1940. The van der Waals surface area contributed by atoms with Crippen LogP contribution in [0.4, 0.5) is 16.2 Å². The van der Waals surface area contributed by atoms with Crippen molar-refractivity contribution in [1.29, 1.82) is 0 Å². The summed E-state index contributed by atoms with van der Waals surface area (Å²) in [6.07, 6.45) is 6.07. The second-order valence-electron chi connectivity index (χ2n) is 7.86. The number of benzene rings is 1. The highest BCUT2D eigenvalue weighted by atomic mass is 32.2. The third-order valence-corrected chi connectivity index (χ3v) is 6.57. The fourth-order valence-corrected chi connectivity index (χ4v) is 4.48. The number of carbonyl (C=O) groups excluding carboxylic acids is 1. The van der Waals surface area contributed by atoms with E-state index in [1.807, 2.05) is 30.9 Å². The van der Waals surface area contributed by atoms with Gasteiger partial charge in [0.15, 0.2) is 0 Å². The largest absolute Gasteiger partial charge is 0.478 e. The summed E-state index contributed by atoms with van der Waals surface area (Å²) >= 11 is 6.19. The van der Waals surface area contributed by atoms with Crippen molar-refractivity contribution in [2.75, 3.05) is 41.7 Å². The summed E-state index contributed by atoms with van der Waals surface area (Å²) in [7, 11) is -3.29. The van der Waals surface area contributed by atoms with Crippen LogP contribution in [-0.4, -0.2) is 51.3 Å². The molecule has 0 aromatic heterocycles. The van der Waals surface area contributed by atoms with Crippen molar-refractivity contribution in [3.63, 3.8) is 0 Å². The molecule has 8 nitrogen and oxygen atoms in total. The summed E-state index contributed by atoms with van der Waals surface area (Å²) in [5.41, 5.74) is 2.19. The number of aryl methyl sites for hydroxylation is 1. The summed E-state index contributed by atoms with van der Waals surface area (Å²) in [4.78, 5) is 15.1. The number of terminal acetylenes is 1. The highest BCUT2D eigenvalue weighted by Gasteiger charge is 2.21. The van der Waals surface area contributed by atoms with Crippen molar-refractivity contribution in [2.24, 2.45) is 0 Å². The molecule has 0 aliphatic carbocycles. The number of hydrogen-bond acceptors (Lipinski definition) is 7. The predicted octanol–water partition coefficient (Wildman–Crippen LogP) is 2.47. The molecule has 0 bridgehead atoms. The number of carbonyl (C=O) groups is 1. The van der Waals surface area contributed by atoms with Crippen molar-refractivity contribution in [2.45, 2.75) is 20.8 Å². The molecule has 0 aliphatic rings. The van der Waals surface area contributed by atoms with Gasteiger partial charge in [0, 0.05) is 90.7 Å². The minimum Gasteiger partial charge on any atom is -0.478 e. The third-order valence-electron chi connectivity index (χ3n) is 4.68. The van der Waals surface area contributed by atoms with E-state index in [1.165, 1.54) is 4.31 Å². The lowest BCUT2D eigenvalue weighted by atomic mass is 10.1. The Morgan fingerprint density at radius 3 is 1.93 bits per heavy atom. The lowest BCUT2D eigenvalue weighted by Crippen LogP contribution is -2.35. The first-order valence-electron chi connectivity index (χ1n) is 12.8. The van der Waals surface area contributed by atoms with Crippen molar-refractivity contribution in [3.05, 3.63) is 23.8 Å². The van der Waals surface area contributed by atoms with Crippen molar-refractivity contribution in [3.8, 4) is 107 Å². The van der Waals surface area contributed by atoms with Crippen LogP contribution in [0.25, 0.3) is 0 Å². The molecule has 1 aromatic rings. The Morgan fingerprint density at radius 2 is 1.47 bits per heavy atom.